The number of allylic oxidation sites excluding steroid dienone is 2. The molecule has 3 aromatic rings. The monoisotopic (exact) mass is 438 g/mol. The highest BCUT2D eigenvalue weighted by Crippen LogP contribution is 2.32. The number of carboxylic acids is 1. The number of benzene rings is 2. The minimum Gasteiger partial charge on any atom is -0.481 e. The highest BCUT2D eigenvalue weighted by atomic mass is 19.1. The molecule has 0 spiro atoms. The third-order valence-electron chi connectivity index (χ3n) is 4.73. The third kappa shape index (κ3) is 5.93. The zero-order chi connectivity index (χ0) is 23.1. The predicted molar refractivity (Wildman–Crippen MR) is 116 cm³/mol. The lowest BCUT2D eigenvalue weighted by atomic mass is 9.92. The number of carbonyl (C=O) groups is 1. The Morgan fingerprint density at radius 2 is 1.75 bits per heavy atom. The summed E-state index contributed by atoms with van der Waals surface area (Å²) < 4.78 is 15.1. The van der Waals surface area contributed by atoms with E-state index in [2.05, 4.69) is 15.5 Å². The Morgan fingerprint density at radius 3 is 2.34 bits per heavy atom. The van der Waals surface area contributed by atoms with Crippen molar-refractivity contribution in [3.05, 3.63) is 89.5 Å². The Labute approximate surface area is 184 Å². The Hall–Kier alpha value is -3.69. The van der Waals surface area contributed by atoms with Gasteiger partial charge in [0.15, 0.2) is 5.82 Å². The molecule has 2 unspecified atom stereocenters. The summed E-state index contributed by atoms with van der Waals surface area (Å²) in [6, 6.07) is 15.4. The second kappa shape index (κ2) is 10.6. The third-order valence-corrected chi connectivity index (χ3v) is 4.73. The summed E-state index contributed by atoms with van der Waals surface area (Å²) in [5.41, 5.74) is 2.79. The molecule has 0 fully saturated rings. The van der Waals surface area contributed by atoms with Gasteiger partial charge in [0.1, 0.15) is 5.82 Å². The van der Waals surface area contributed by atoms with Gasteiger partial charge in [-0.2, -0.15) is 0 Å². The molecule has 2 aromatic carbocycles. The van der Waals surface area contributed by atoms with Gasteiger partial charge in [0.2, 0.25) is 0 Å². The number of aryl methyl sites for hydroxylation is 1. The second-order valence-electron chi connectivity index (χ2n) is 7.20. The van der Waals surface area contributed by atoms with Gasteiger partial charge in [-0.05, 0) is 39.3 Å². The van der Waals surface area contributed by atoms with Crippen molar-refractivity contribution in [1.29, 1.82) is 0 Å². The maximum atomic E-state index is 13.6. The highest BCUT2D eigenvalue weighted by molar-refractivity contribution is 6.00. The van der Waals surface area contributed by atoms with E-state index in [9.17, 15) is 19.4 Å². The standard InChI is InChI=1S/C23H23FN4O4/c1-28-23(25-26-27-28)20(12-11-18(29)13-19(30)14-21(31)32)22(15-5-3-2-4-6-15)16-7-9-17(24)10-8-16/h2-12,18-19,29-30H,13-14H2,1H3,(H,31,32)/b12-11+,22-20+. The molecule has 0 aliphatic rings. The van der Waals surface area contributed by atoms with Crippen LogP contribution in [-0.4, -0.2) is 53.7 Å². The average molecular weight is 438 g/mol. The lowest BCUT2D eigenvalue weighted by Crippen LogP contribution is -2.19. The number of rotatable bonds is 9. The Kier molecular flexibility index (Phi) is 7.58. The summed E-state index contributed by atoms with van der Waals surface area (Å²) in [5, 5.41) is 40.6. The van der Waals surface area contributed by atoms with Crippen molar-refractivity contribution in [1.82, 2.24) is 20.2 Å². The van der Waals surface area contributed by atoms with Crippen LogP contribution in [0.15, 0.2) is 66.7 Å². The molecule has 32 heavy (non-hydrogen) atoms. The van der Waals surface area contributed by atoms with Crippen LogP contribution in [0.1, 0.15) is 29.8 Å². The first-order valence-corrected chi connectivity index (χ1v) is 9.89. The molecule has 0 saturated carbocycles. The van der Waals surface area contributed by atoms with Crippen LogP contribution in [0, 0.1) is 5.82 Å². The molecule has 2 atom stereocenters. The molecule has 0 amide bonds. The molecule has 0 bridgehead atoms. The maximum absolute atomic E-state index is 13.6. The number of aliphatic hydroxyl groups is 2. The maximum Gasteiger partial charge on any atom is 0.305 e. The van der Waals surface area contributed by atoms with Crippen molar-refractivity contribution in [3.8, 4) is 0 Å². The van der Waals surface area contributed by atoms with Crippen LogP contribution >= 0.6 is 0 Å². The SMILES string of the molecule is Cn1nnnc1C(/C=C/C(O)CC(O)CC(=O)O)=C(\c1ccccc1)c1ccc(F)cc1. The largest absolute Gasteiger partial charge is 0.481 e. The minimum atomic E-state index is -1.19. The fraction of sp³-hybridized carbons (Fsp3) is 0.217. The lowest BCUT2D eigenvalue weighted by Gasteiger charge is -2.15. The fourth-order valence-corrected chi connectivity index (χ4v) is 3.28. The normalized spacial score (nSPS) is 14.2. The zero-order valence-electron chi connectivity index (χ0n) is 17.3. The van der Waals surface area contributed by atoms with E-state index in [-0.39, 0.29) is 12.2 Å². The lowest BCUT2D eigenvalue weighted by molar-refractivity contribution is -0.139. The van der Waals surface area contributed by atoms with Gasteiger partial charge in [0.05, 0.1) is 18.6 Å². The fourth-order valence-electron chi connectivity index (χ4n) is 3.28. The number of aliphatic hydroxyl groups excluding tert-OH is 2. The number of halogens is 1. The number of hydrogen-bond acceptors (Lipinski definition) is 6. The van der Waals surface area contributed by atoms with Crippen molar-refractivity contribution in [2.45, 2.75) is 25.0 Å². The van der Waals surface area contributed by atoms with Gasteiger partial charge in [-0.1, -0.05) is 54.6 Å². The Bertz CT molecular complexity index is 1110. The first-order valence-electron chi connectivity index (χ1n) is 9.89. The molecule has 8 nitrogen and oxygen atoms in total. The average Bonchev–Trinajstić information content (AvgIpc) is 3.17. The summed E-state index contributed by atoms with van der Waals surface area (Å²) in [6.07, 6.45) is 0.153. The van der Waals surface area contributed by atoms with E-state index in [1.54, 1.807) is 25.3 Å². The van der Waals surface area contributed by atoms with Crippen molar-refractivity contribution in [2.24, 2.45) is 7.05 Å². The zero-order valence-corrected chi connectivity index (χ0v) is 17.3. The Morgan fingerprint density at radius 1 is 1.09 bits per heavy atom. The van der Waals surface area contributed by atoms with E-state index < -0.39 is 24.6 Å². The van der Waals surface area contributed by atoms with Gasteiger partial charge in [-0.3, -0.25) is 4.79 Å². The van der Waals surface area contributed by atoms with Gasteiger partial charge >= 0.3 is 5.97 Å². The molecule has 0 radical (unpaired) electrons. The quantitative estimate of drug-likeness (QED) is 0.439. The van der Waals surface area contributed by atoms with Crippen molar-refractivity contribution in [3.63, 3.8) is 0 Å². The minimum absolute atomic E-state index is 0.148. The van der Waals surface area contributed by atoms with Crippen LogP contribution in [0.4, 0.5) is 4.39 Å². The molecule has 0 aliphatic carbocycles. The summed E-state index contributed by atoms with van der Waals surface area (Å²) >= 11 is 0. The van der Waals surface area contributed by atoms with Crippen molar-refractivity contribution < 1.29 is 24.5 Å². The topological polar surface area (TPSA) is 121 Å². The van der Waals surface area contributed by atoms with Crippen LogP contribution in [0.25, 0.3) is 11.1 Å². The summed E-state index contributed by atoms with van der Waals surface area (Å²) in [4.78, 5) is 10.8. The van der Waals surface area contributed by atoms with E-state index in [4.69, 9.17) is 5.11 Å². The molecule has 166 valence electrons. The van der Waals surface area contributed by atoms with Gasteiger partial charge < -0.3 is 15.3 Å². The van der Waals surface area contributed by atoms with Crippen LogP contribution in [0.2, 0.25) is 0 Å². The smallest absolute Gasteiger partial charge is 0.305 e. The highest BCUT2D eigenvalue weighted by Gasteiger charge is 2.18. The number of tetrazole rings is 1. The number of aliphatic carboxylic acids is 1. The van der Waals surface area contributed by atoms with Gasteiger partial charge in [0.25, 0.3) is 0 Å². The molecule has 1 aromatic heterocycles. The molecular weight excluding hydrogens is 415 g/mol. The molecular formula is C23H23FN4O4. The molecule has 3 rings (SSSR count). The van der Waals surface area contributed by atoms with E-state index in [0.717, 1.165) is 5.56 Å². The van der Waals surface area contributed by atoms with E-state index in [1.165, 1.54) is 22.9 Å². The van der Waals surface area contributed by atoms with Crippen LogP contribution in [0.3, 0.4) is 0 Å². The molecule has 1 heterocycles. The van der Waals surface area contributed by atoms with Crippen LogP contribution < -0.4 is 0 Å². The summed E-state index contributed by atoms with van der Waals surface area (Å²) in [6.45, 7) is 0. The molecule has 3 N–H and O–H groups in total. The van der Waals surface area contributed by atoms with Gasteiger partial charge in [-0.15, -0.1) is 5.10 Å². The van der Waals surface area contributed by atoms with Gasteiger partial charge in [0, 0.05) is 19.0 Å². The molecule has 9 heteroatoms. The van der Waals surface area contributed by atoms with Gasteiger partial charge in [-0.25, -0.2) is 9.07 Å². The van der Waals surface area contributed by atoms with E-state index in [0.29, 0.717) is 22.5 Å². The number of nitrogens with zero attached hydrogens (tertiary/aromatic N) is 4. The summed E-state index contributed by atoms with van der Waals surface area (Å²) in [5.74, 6) is -1.12. The number of aromatic nitrogens is 4. The van der Waals surface area contributed by atoms with Crippen LogP contribution in [-0.2, 0) is 11.8 Å². The number of carboxylic acid groups (broad SMARTS) is 1. The molecule has 0 aliphatic heterocycles. The summed E-state index contributed by atoms with van der Waals surface area (Å²) in [7, 11) is 1.67. The first kappa shape index (κ1) is 23.0. The Balaban J connectivity index is 2.11. The van der Waals surface area contributed by atoms with Crippen molar-refractivity contribution >= 4 is 17.1 Å². The second-order valence-corrected chi connectivity index (χ2v) is 7.20. The van der Waals surface area contributed by atoms with Crippen LogP contribution in [0.5, 0.6) is 0 Å². The number of hydrogen-bond donors (Lipinski definition) is 3. The predicted octanol–water partition coefficient (Wildman–Crippen LogP) is 2.45. The van der Waals surface area contributed by atoms with Crippen molar-refractivity contribution in [2.75, 3.05) is 0 Å². The van der Waals surface area contributed by atoms with E-state index >= 15 is 0 Å². The molecule has 0 saturated heterocycles. The van der Waals surface area contributed by atoms with E-state index in [1.807, 2.05) is 30.3 Å². The first-order chi connectivity index (χ1) is 15.3.